The van der Waals surface area contributed by atoms with Gasteiger partial charge in [-0.2, -0.15) is 0 Å². The van der Waals surface area contributed by atoms with Crippen LogP contribution in [0.4, 0.5) is 0 Å². The van der Waals surface area contributed by atoms with Crippen molar-refractivity contribution in [2.45, 2.75) is 57.9 Å². The van der Waals surface area contributed by atoms with Crippen LogP contribution >= 0.6 is 0 Å². The van der Waals surface area contributed by atoms with Gasteiger partial charge >= 0.3 is 0 Å². The van der Waals surface area contributed by atoms with Crippen LogP contribution in [0.25, 0.3) is 0 Å². The Bertz CT molecular complexity index is 236. The lowest BCUT2D eigenvalue weighted by Crippen LogP contribution is -2.39. The van der Waals surface area contributed by atoms with Crippen LogP contribution in [0.5, 0.6) is 0 Å². The van der Waals surface area contributed by atoms with E-state index in [0.29, 0.717) is 5.92 Å². The Morgan fingerprint density at radius 3 is 2.37 bits per heavy atom. The van der Waals surface area contributed by atoms with Crippen molar-refractivity contribution in [1.82, 2.24) is 9.80 Å². The van der Waals surface area contributed by atoms with Crippen LogP contribution in [0.2, 0.25) is 0 Å². The summed E-state index contributed by atoms with van der Waals surface area (Å²) in [6.45, 7) is 9.40. The van der Waals surface area contributed by atoms with Gasteiger partial charge in [0, 0.05) is 25.7 Å². The zero-order valence-corrected chi connectivity index (χ0v) is 12.8. The second-order valence-corrected chi connectivity index (χ2v) is 6.68. The molecule has 112 valence electrons. The van der Waals surface area contributed by atoms with Crippen molar-refractivity contribution in [3.8, 4) is 0 Å². The first kappa shape index (κ1) is 15.3. The molecule has 1 atom stereocenters. The fourth-order valence-electron chi connectivity index (χ4n) is 3.68. The molecule has 1 saturated carbocycles. The highest BCUT2D eigenvalue weighted by Gasteiger charge is 2.23. The number of nitrogens with two attached hydrogens (primary N) is 1. The lowest BCUT2D eigenvalue weighted by atomic mass is 10.1. The van der Waals surface area contributed by atoms with E-state index in [1.807, 2.05) is 0 Å². The molecule has 0 aromatic rings. The monoisotopic (exact) mass is 267 g/mol. The number of rotatable bonds is 4. The van der Waals surface area contributed by atoms with Crippen LogP contribution in [0.3, 0.4) is 0 Å². The van der Waals surface area contributed by atoms with E-state index in [2.05, 4.69) is 16.7 Å². The third-order valence-electron chi connectivity index (χ3n) is 4.94. The van der Waals surface area contributed by atoms with Gasteiger partial charge in [-0.1, -0.05) is 32.6 Å². The molecular weight excluding hydrogens is 234 g/mol. The Kier molecular flexibility index (Phi) is 6.62. The summed E-state index contributed by atoms with van der Waals surface area (Å²) in [5.74, 6) is 0.643. The third kappa shape index (κ3) is 5.05. The molecule has 1 aliphatic carbocycles. The van der Waals surface area contributed by atoms with Gasteiger partial charge in [0.1, 0.15) is 0 Å². The molecule has 1 heterocycles. The molecule has 2 aliphatic rings. The predicted octanol–water partition coefficient (Wildman–Crippen LogP) is 2.31. The molecule has 2 N–H and O–H groups in total. The quantitative estimate of drug-likeness (QED) is 0.793. The van der Waals surface area contributed by atoms with Crippen LogP contribution in [0.15, 0.2) is 0 Å². The van der Waals surface area contributed by atoms with Gasteiger partial charge in [0.25, 0.3) is 0 Å². The highest BCUT2D eigenvalue weighted by Crippen LogP contribution is 2.23. The first-order valence-corrected chi connectivity index (χ1v) is 8.46. The van der Waals surface area contributed by atoms with E-state index in [1.165, 1.54) is 77.7 Å². The van der Waals surface area contributed by atoms with E-state index in [0.717, 1.165) is 12.6 Å². The zero-order chi connectivity index (χ0) is 13.5. The van der Waals surface area contributed by atoms with Gasteiger partial charge in [-0.15, -0.1) is 0 Å². The van der Waals surface area contributed by atoms with Crippen LogP contribution in [-0.4, -0.2) is 55.1 Å². The average Bonchev–Trinajstić information content (AvgIpc) is 2.81. The van der Waals surface area contributed by atoms with E-state index >= 15 is 0 Å². The Labute approximate surface area is 119 Å². The van der Waals surface area contributed by atoms with Crippen molar-refractivity contribution < 1.29 is 0 Å². The van der Waals surface area contributed by atoms with Crippen molar-refractivity contribution in [3.05, 3.63) is 0 Å². The minimum atomic E-state index is 0.643. The maximum absolute atomic E-state index is 5.75. The van der Waals surface area contributed by atoms with E-state index in [4.69, 9.17) is 5.73 Å². The minimum Gasteiger partial charge on any atom is -0.330 e. The van der Waals surface area contributed by atoms with Crippen LogP contribution in [0.1, 0.15) is 51.9 Å². The summed E-state index contributed by atoms with van der Waals surface area (Å²) in [4.78, 5) is 5.42. The molecule has 0 amide bonds. The summed E-state index contributed by atoms with van der Waals surface area (Å²) in [5, 5.41) is 0. The normalized spacial score (nSPS) is 26.8. The third-order valence-corrected chi connectivity index (χ3v) is 4.94. The van der Waals surface area contributed by atoms with Gasteiger partial charge in [0.2, 0.25) is 0 Å². The second-order valence-electron chi connectivity index (χ2n) is 6.68. The largest absolute Gasteiger partial charge is 0.330 e. The van der Waals surface area contributed by atoms with E-state index in [1.54, 1.807) is 0 Å². The second kappa shape index (κ2) is 8.23. The first-order chi connectivity index (χ1) is 9.29. The maximum Gasteiger partial charge on any atom is 0.0112 e. The topological polar surface area (TPSA) is 32.5 Å². The van der Waals surface area contributed by atoms with Crippen LogP contribution < -0.4 is 5.73 Å². The molecule has 1 aliphatic heterocycles. The Hall–Kier alpha value is -0.120. The molecule has 0 aromatic carbocycles. The Morgan fingerprint density at radius 2 is 1.68 bits per heavy atom. The average molecular weight is 267 g/mol. The van der Waals surface area contributed by atoms with Gasteiger partial charge in [0.05, 0.1) is 0 Å². The molecule has 2 fully saturated rings. The Morgan fingerprint density at radius 1 is 0.947 bits per heavy atom. The standard InChI is InChI=1S/C16H33N3/c1-15(13-17)14-18-9-6-10-19(12-11-18)16-7-4-2-3-5-8-16/h15-16H,2-14,17H2,1H3. The van der Waals surface area contributed by atoms with Crippen molar-refractivity contribution in [2.75, 3.05) is 39.3 Å². The van der Waals surface area contributed by atoms with Crippen molar-refractivity contribution in [2.24, 2.45) is 11.7 Å². The molecule has 19 heavy (non-hydrogen) atoms. The summed E-state index contributed by atoms with van der Waals surface area (Å²) >= 11 is 0. The lowest BCUT2D eigenvalue weighted by molar-refractivity contribution is 0.178. The fourth-order valence-corrected chi connectivity index (χ4v) is 3.68. The molecule has 1 unspecified atom stereocenters. The SMILES string of the molecule is CC(CN)CN1CCCN(C2CCCCCC2)CC1. The van der Waals surface area contributed by atoms with E-state index in [-0.39, 0.29) is 0 Å². The summed E-state index contributed by atoms with van der Waals surface area (Å²) in [6, 6.07) is 0.884. The van der Waals surface area contributed by atoms with Gasteiger partial charge in [0.15, 0.2) is 0 Å². The molecule has 0 bridgehead atoms. The molecule has 0 aromatic heterocycles. The lowest BCUT2D eigenvalue weighted by Gasteiger charge is -2.30. The highest BCUT2D eigenvalue weighted by molar-refractivity contribution is 4.79. The number of hydrogen-bond acceptors (Lipinski definition) is 3. The molecule has 1 saturated heterocycles. The maximum atomic E-state index is 5.75. The highest BCUT2D eigenvalue weighted by atomic mass is 15.2. The van der Waals surface area contributed by atoms with Gasteiger partial charge in [-0.3, -0.25) is 4.90 Å². The van der Waals surface area contributed by atoms with Crippen molar-refractivity contribution in [1.29, 1.82) is 0 Å². The molecule has 2 rings (SSSR count). The smallest absolute Gasteiger partial charge is 0.0112 e. The summed E-state index contributed by atoms with van der Waals surface area (Å²) in [6.07, 6.45) is 10.1. The molecule has 0 spiro atoms. The molecule has 3 heteroatoms. The van der Waals surface area contributed by atoms with Gasteiger partial charge in [-0.25, -0.2) is 0 Å². The molecular formula is C16H33N3. The molecule has 0 radical (unpaired) electrons. The minimum absolute atomic E-state index is 0.643. The first-order valence-electron chi connectivity index (χ1n) is 8.46. The predicted molar refractivity (Wildman–Crippen MR) is 82.3 cm³/mol. The van der Waals surface area contributed by atoms with Crippen molar-refractivity contribution >= 4 is 0 Å². The summed E-state index contributed by atoms with van der Waals surface area (Å²) < 4.78 is 0. The number of nitrogens with zero attached hydrogens (tertiary/aromatic N) is 2. The fraction of sp³-hybridized carbons (Fsp3) is 1.00. The molecule has 3 nitrogen and oxygen atoms in total. The van der Waals surface area contributed by atoms with E-state index < -0.39 is 0 Å². The number of hydrogen-bond donors (Lipinski definition) is 1. The van der Waals surface area contributed by atoms with Crippen molar-refractivity contribution in [3.63, 3.8) is 0 Å². The Balaban J connectivity index is 1.78. The van der Waals surface area contributed by atoms with Gasteiger partial charge in [-0.05, 0) is 44.8 Å². The van der Waals surface area contributed by atoms with Gasteiger partial charge < -0.3 is 10.6 Å². The summed E-state index contributed by atoms with van der Waals surface area (Å²) in [5.41, 5.74) is 5.75. The van der Waals surface area contributed by atoms with E-state index in [9.17, 15) is 0 Å². The summed E-state index contributed by atoms with van der Waals surface area (Å²) in [7, 11) is 0. The zero-order valence-electron chi connectivity index (χ0n) is 12.8. The van der Waals surface area contributed by atoms with Crippen LogP contribution in [-0.2, 0) is 0 Å². The van der Waals surface area contributed by atoms with Crippen LogP contribution in [0, 0.1) is 5.92 Å².